The van der Waals surface area contributed by atoms with E-state index < -0.39 is 0 Å². The summed E-state index contributed by atoms with van der Waals surface area (Å²) >= 11 is 6.20. The number of likely N-dealkylation sites (N-methyl/N-ethyl adjacent to an activating group) is 1. The summed E-state index contributed by atoms with van der Waals surface area (Å²) in [5, 5.41) is 3.26. The lowest BCUT2D eigenvalue weighted by Crippen LogP contribution is -2.42. The summed E-state index contributed by atoms with van der Waals surface area (Å²) in [5.41, 5.74) is 3.04. The van der Waals surface area contributed by atoms with Gasteiger partial charge in [-0.1, -0.05) is 35.9 Å². The first-order valence-corrected chi connectivity index (χ1v) is 11.1. The number of halogens is 1. The Morgan fingerprint density at radius 1 is 1.13 bits per heavy atom. The second-order valence-electron chi connectivity index (χ2n) is 8.15. The zero-order valence-corrected chi connectivity index (χ0v) is 18.7. The van der Waals surface area contributed by atoms with Gasteiger partial charge in [-0.2, -0.15) is 0 Å². The molecule has 0 saturated carbocycles. The summed E-state index contributed by atoms with van der Waals surface area (Å²) in [7, 11) is 3.32. The van der Waals surface area contributed by atoms with E-state index in [2.05, 4.69) is 11.4 Å². The average molecular weight is 442 g/mol. The minimum absolute atomic E-state index is 0.0864. The first-order valence-electron chi connectivity index (χ1n) is 10.7. The number of carbonyl (C=O) groups excluding carboxylic acids is 2. The normalized spacial score (nSPS) is 18.6. The van der Waals surface area contributed by atoms with Gasteiger partial charge < -0.3 is 19.9 Å². The molecule has 2 aromatic rings. The van der Waals surface area contributed by atoms with Crippen LogP contribution in [0, 0.1) is 0 Å². The summed E-state index contributed by atoms with van der Waals surface area (Å²) in [6.07, 6.45) is 1.82. The van der Waals surface area contributed by atoms with Gasteiger partial charge in [0.1, 0.15) is 5.75 Å². The molecule has 31 heavy (non-hydrogen) atoms. The van der Waals surface area contributed by atoms with Crippen LogP contribution >= 0.6 is 11.6 Å². The van der Waals surface area contributed by atoms with Crippen LogP contribution in [-0.2, 0) is 9.59 Å². The van der Waals surface area contributed by atoms with Crippen LogP contribution in [0.3, 0.4) is 0 Å². The highest BCUT2D eigenvalue weighted by molar-refractivity contribution is 6.31. The Morgan fingerprint density at radius 3 is 2.58 bits per heavy atom. The maximum atomic E-state index is 13.5. The monoisotopic (exact) mass is 441 g/mol. The Balaban J connectivity index is 1.47. The van der Waals surface area contributed by atoms with Gasteiger partial charge in [-0.05, 0) is 48.1 Å². The van der Waals surface area contributed by atoms with Gasteiger partial charge in [0.25, 0.3) is 0 Å². The average Bonchev–Trinajstić information content (AvgIpc) is 3.15. The van der Waals surface area contributed by atoms with Gasteiger partial charge in [0, 0.05) is 37.4 Å². The third kappa shape index (κ3) is 4.35. The zero-order valence-electron chi connectivity index (χ0n) is 17.9. The Bertz CT molecular complexity index is 972. The maximum Gasteiger partial charge on any atom is 0.239 e. The van der Waals surface area contributed by atoms with E-state index in [-0.39, 0.29) is 24.3 Å². The van der Waals surface area contributed by atoms with Gasteiger partial charge >= 0.3 is 0 Å². The number of piperidine rings is 1. The molecule has 1 saturated heterocycles. The molecule has 6 nitrogen and oxygen atoms in total. The SMILES string of the molecule is CNC(=O)CN1CC(C(=O)N2CCC(c3ccccc3OC)CC2)c2ccc(Cl)cc21. The van der Waals surface area contributed by atoms with Crippen molar-refractivity contribution in [1.82, 2.24) is 10.2 Å². The number of carbonyl (C=O) groups is 2. The number of para-hydroxylation sites is 1. The summed E-state index contributed by atoms with van der Waals surface area (Å²) in [5.74, 6) is 1.07. The molecule has 2 heterocycles. The number of ether oxygens (including phenoxy) is 1. The van der Waals surface area contributed by atoms with Crippen molar-refractivity contribution in [2.45, 2.75) is 24.7 Å². The molecule has 2 aliphatic rings. The molecule has 1 N–H and O–H groups in total. The van der Waals surface area contributed by atoms with Gasteiger partial charge in [-0.15, -0.1) is 0 Å². The fourth-order valence-corrected chi connectivity index (χ4v) is 4.92. The minimum Gasteiger partial charge on any atom is -0.496 e. The van der Waals surface area contributed by atoms with Crippen LogP contribution in [0.15, 0.2) is 42.5 Å². The number of benzene rings is 2. The van der Waals surface area contributed by atoms with Crippen molar-refractivity contribution < 1.29 is 14.3 Å². The summed E-state index contributed by atoms with van der Waals surface area (Å²) in [6.45, 7) is 2.14. The van der Waals surface area contributed by atoms with E-state index in [4.69, 9.17) is 16.3 Å². The van der Waals surface area contributed by atoms with Gasteiger partial charge in [0.05, 0.1) is 19.6 Å². The fourth-order valence-electron chi connectivity index (χ4n) is 4.75. The van der Waals surface area contributed by atoms with Gasteiger partial charge in [0.15, 0.2) is 0 Å². The quantitative estimate of drug-likeness (QED) is 0.772. The number of hydrogen-bond acceptors (Lipinski definition) is 4. The molecule has 2 amide bonds. The molecule has 0 aromatic heterocycles. The molecule has 2 aliphatic heterocycles. The minimum atomic E-state index is -0.278. The highest BCUT2D eigenvalue weighted by atomic mass is 35.5. The summed E-state index contributed by atoms with van der Waals surface area (Å²) in [4.78, 5) is 29.3. The number of fused-ring (bicyclic) bond motifs is 1. The number of anilines is 1. The largest absolute Gasteiger partial charge is 0.496 e. The molecule has 0 spiro atoms. The molecule has 2 aromatic carbocycles. The highest BCUT2D eigenvalue weighted by Gasteiger charge is 2.38. The van der Waals surface area contributed by atoms with E-state index >= 15 is 0 Å². The number of amides is 2. The Morgan fingerprint density at radius 2 is 1.87 bits per heavy atom. The first-order chi connectivity index (χ1) is 15.0. The molecule has 1 unspecified atom stereocenters. The van der Waals surface area contributed by atoms with Crippen LogP contribution in [0.1, 0.15) is 35.8 Å². The van der Waals surface area contributed by atoms with E-state index in [9.17, 15) is 9.59 Å². The Kier molecular flexibility index (Phi) is 6.37. The second kappa shape index (κ2) is 9.18. The lowest BCUT2D eigenvalue weighted by Gasteiger charge is -2.34. The molecule has 1 atom stereocenters. The number of hydrogen-bond donors (Lipinski definition) is 1. The molecule has 7 heteroatoms. The maximum absolute atomic E-state index is 13.5. The number of nitrogens with zero attached hydrogens (tertiary/aromatic N) is 2. The molecule has 4 rings (SSSR count). The lowest BCUT2D eigenvalue weighted by atomic mass is 9.88. The van der Waals surface area contributed by atoms with Crippen molar-refractivity contribution in [2.75, 3.05) is 45.2 Å². The van der Waals surface area contributed by atoms with Crippen LogP contribution < -0.4 is 15.0 Å². The van der Waals surface area contributed by atoms with Gasteiger partial charge in [-0.25, -0.2) is 0 Å². The van der Waals surface area contributed by atoms with E-state index in [1.54, 1.807) is 14.2 Å². The van der Waals surface area contributed by atoms with Crippen LogP contribution in [0.5, 0.6) is 5.75 Å². The topological polar surface area (TPSA) is 61.9 Å². The van der Waals surface area contributed by atoms with E-state index in [1.165, 1.54) is 5.56 Å². The third-order valence-corrected chi connectivity index (χ3v) is 6.64. The highest BCUT2D eigenvalue weighted by Crippen LogP contribution is 2.40. The predicted octanol–water partition coefficient (Wildman–Crippen LogP) is 3.40. The van der Waals surface area contributed by atoms with Crippen molar-refractivity contribution in [1.29, 1.82) is 0 Å². The summed E-state index contributed by atoms with van der Waals surface area (Å²) < 4.78 is 5.53. The van der Waals surface area contributed by atoms with Crippen LogP contribution in [-0.4, -0.2) is 57.1 Å². The van der Waals surface area contributed by atoms with Crippen molar-refractivity contribution in [2.24, 2.45) is 0 Å². The van der Waals surface area contributed by atoms with E-state index in [0.717, 1.165) is 42.9 Å². The molecular weight excluding hydrogens is 414 g/mol. The van der Waals surface area contributed by atoms with Crippen molar-refractivity contribution >= 4 is 29.1 Å². The first kappa shape index (κ1) is 21.5. The summed E-state index contributed by atoms with van der Waals surface area (Å²) in [6, 6.07) is 13.7. The van der Waals surface area contributed by atoms with E-state index in [1.807, 2.05) is 46.2 Å². The van der Waals surface area contributed by atoms with Crippen molar-refractivity contribution in [3.8, 4) is 5.75 Å². The fraction of sp³-hybridized carbons (Fsp3) is 0.417. The van der Waals surface area contributed by atoms with Crippen molar-refractivity contribution in [3.63, 3.8) is 0 Å². The van der Waals surface area contributed by atoms with E-state index in [0.29, 0.717) is 17.5 Å². The Labute approximate surface area is 188 Å². The lowest BCUT2D eigenvalue weighted by molar-refractivity contribution is -0.133. The molecule has 1 fully saturated rings. The van der Waals surface area contributed by atoms with Crippen LogP contribution in [0.4, 0.5) is 5.69 Å². The van der Waals surface area contributed by atoms with Crippen molar-refractivity contribution in [3.05, 3.63) is 58.6 Å². The molecular formula is C24H28ClN3O3. The Hall–Kier alpha value is -2.73. The van der Waals surface area contributed by atoms with Crippen LogP contribution in [0.2, 0.25) is 5.02 Å². The standard InChI is InChI=1S/C24H28ClN3O3/c1-26-23(29)15-28-14-20(19-8-7-17(25)13-21(19)28)24(30)27-11-9-16(10-12-27)18-5-3-4-6-22(18)31-2/h3-8,13,16,20H,9-12,14-15H2,1-2H3,(H,26,29). The smallest absolute Gasteiger partial charge is 0.239 e. The number of likely N-dealkylation sites (tertiary alicyclic amines) is 1. The number of rotatable bonds is 5. The van der Waals surface area contributed by atoms with Crippen LogP contribution in [0.25, 0.3) is 0 Å². The molecule has 0 bridgehead atoms. The molecule has 164 valence electrons. The third-order valence-electron chi connectivity index (χ3n) is 6.41. The zero-order chi connectivity index (χ0) is 22.0. The number of methoxy groups -OCH3 is 1. The second-order valence-corrected chi connectivity index (χ2v) is 8.59. The predicted molar refractivity (Wildman–Crippen MR) is 122 cm³/mol. The molecule has 0 aliphatic carbocycles. The van der Waals surface area contributed by atoms with Gasteiger partial charge in [-0.3, -0.25) is 9.59 Å². The number of nitrogens with one attached hydrogen (secondary N) is 1. The van der Waals surface area contributed by atoms with Gasteiger partial charge in [0.2, 0.25) is 11.8 Å². The molecule has 0 radical (unpaired) electrons.